The summed E-state index contributed by atoms with van der Waals surface area (Å²) in [6.45, 7) is 4.57. The van der Waals surface area contributed by atoms with E-state index in [0.717, 1.165) is 10.6 Å². The molecule has 0 saturated carbocycles. The van der Waals surface area contributed by atoms with Gasteiger partial charge in [-0.1, -0.05) is 0 Å². The van der Waals surface area contributed by atoms with Crippen LogP contribution in [-0.4, -0.2) is 34.5 Å². The number of hydrogen-bond donors (Lipinski definition) is 1. The van der Waals surface area contributed by atoms with Gasteiger partial charge in [0.2, 0.25) is 10.0 Å². The Hall–Kier alpha value is -1.45. The molecule has 20 heavy (non-hydrogen) atoms. The SMILES string of the molecule is CCn1cc(S(=O)(=O)N(C)Cc2scnc2C)c(N)n1. The zero-order valence-corrected chi connectivity index (χ0v) is 13.2. The number of nitrogens with zero attached hydrogens (tertiary/aromatic N) is 4. The van der Waals surface area contributed by atoms with Crippen molar-refractivity contribution in [1.29, 1.82) is 0 Å². The van der Waals surface area contributed by atoms with Crippen LogP contribution in [0.15, 0.2) is 16.6 Å². The Morgan fingerprint density at radius 3 is 2.70 bits per heavy atom. The average Bonchev–Trinajstić information content (AvgIpc) is 2.96. The highest BCUT2D eigenvalue weighted by Gasteiger charge is 2.26. The van der Waals surface area contributed by atoms with Crippen molar-refractivity contribution in [2.75, 3.05) is 12.8 Å². The predicted octanol–water partition coefficient (Wildman–Crippen LogP) is 1.07. The van der Waals surface area contributed by atoms with Crippen LogP contribution in [0.1, 0.15) is 17.5 Å². The van der Waals surface area contributed by atoms with Gasteiger partial charge in [0, 0.05) is 31.2 Å². The van der Waals surface area contributed by atoms with E-state index < -0.39 is 10.0 Å². The normalized spacial score (nSPS) is 12.2. The van der Waals surface area contributed by atoms with E-state index in [4.69, 9.17) is 5.73 Å². The van der Waals surface area contributed by atoms with Gasteiger partial charge in [0.25, 0.3) is 0 Å². The first-order chi connectivity index (χ1) is 9.36. The first kappa shape index (κ1) is 14.9. The number of rotatable bonds is 5. The van der Waals surface area contributed by atoms with Gasteiger partial charge in [-0.2, -0.15) is 9.40 Å². The third kappa shape index (κ3) is 2.69. The molecule has 0 unspecified atom stereocenters. The maximum absolute atomic E-state index is 12.5. The standard InChI is InChI=1S/C11H17N5O2S2/c1-4-16-6-10(11(12)14-16)20(17,18)15(3)5-9-8(2)13-7-19-9/h6-7H,4-5H2,1-3H3,(H2,12,14). The molecule has 0 spiro atoms. The van der Waals surface area contributed by atoms with Crippen molar-refractivity contribution < 1.29 is 8.42 Å². The van der Waals surface area contributed by atoms with Gasteiger partial charge in [0.05, 0.1) is 11.2 Å². The number of nitrogens with two attached hydrogens (primary N) is 1. The lowest BCUT2D eigenvalue weighted by Gasteiger charge is -2.15. The van der Waals surface area contributed by atoms with Crippen LogP contribution in [0, 0.1) is 6.92 Å². The molecule has 0 atom stereocenters. The summed E-state index contributed by atoms with van der Waals surface area (Å²) < 4.78 is 27.8. The summed E-state index contributed by atoms with van der Waals surface area (Å²) in [5.74, 6) is 0.0275. The molecule has 0 aliphatic carbocycles. The molecule has 2 aromatic rings. The number of anilines is 1. The van der Waals surface area contributed by atoms with Crippen molar-refractivity contribution >= 4 is 27.2 Å². The fraction of sp³-hybridized carbons (Fsp3) is 0.455. The maximum atomic E-state index is 12.5. The Labute approximate surface area is 122 Å². The number of nitrogen functional groups attached to an aromatic ring is 1. The van der Waals surface area contributed by atoms with E-state index in [1.54, 1.807) is 5.51 Å². The Morgan fingerprint density at radius 2 is 2.20 bits per heavy atom. The monoisotopic (exact) mass is 315 g/mol. The fourth-order valence-corrected chi connectivity index (χ4v) is 3.82. The van der Waals surface area contributed by atoms with Crippen molar-refractivity contribution in [2.45, 2.75) is 31.8 Å². The van der Waals surface area contributed by atoms with Gasteiger partial charge in [-0.25, -0.2) is 13.4 Å². The van der Waals surface area contributed by atoms with Gasteiger partial charge in [-0.15, -0.1) is 11.3 Å². The molecule has 0 saturated heterocycles. The molecule has 0 aromatic carbocycles. The van der Waals surface area contributed by atoms with Gasteiger partial charge in [0.1, 0.15) is 4.90 Å². The van der Waals surface area contributed by atoms with Crippen molar-refractivity contribution in [3.8, 4) is 0 Å². The van der Waals surface area contributed by atoms with Crippen molar-refractivity contribution in [3.05, 3.63) is 22.3 Å². The topological polar surface area (TPSA) is 94.1 Å². The van der Waals surface area contributed by atoms with Crippen LogP contribution in [0.5, 0.6) is 0 Å². The van der Waals surface area contributed by atoms with Gasteiger partial charge in [-0.3, -0.25) is 4.68 Å². The lowest BCUT2D eigenvalue weighted by molar-refractivity contribution is 0.469. The zero-order chi connectivity index (χ0) is 14.9. The van der Waals surface area contributed by atoms with Crippen LogP contribution < -0.4 is 5.73 Å². The summed E-state index contributed by atoms with van der Waals surface area (Å²) in [5.41, 5.74) is 8.24. The molecular weight excluding hydrogens is 298 g/mol. The summed E-state index contributed by atoms with van der Waals surface area (Å²) in [7, 11) is -2.12. The summed E-state index contributed by atoms with van der Waals surface area (Å²) in [6.07, 6.45) is 1.46. The minimum absolute atomic E-state index is 0.0275. The highest BCUT2D eigenvalue weighted by Crippen LogP contribution is 2.23. The van der Waals surface area contributed by atoms with Crippen LogP contribution in [-0.2, 0) is 23.1 Å². The van der Waals surface area contributed by atoms with Gasteiger partial charge in [0.15, 0.2) is 5.82 Å². The first-order valence-corrected chi connectivity index (χ1v) is 8.36. The van der Waals surface area contributed by atoms with Crippen molar-refractivity contribution in [3.63, 3.8) is 0 Å². The highest BCUT2D eigenvalue weighted by atomic mass is 32.2. The molecule has 0 aliphatic heterocycles. The second kappa shape index (κ2) is 5.51. The number of thiazole rings is 1. The second-order valence-electron chi connectivity index (χ2n) is 4.36. The molecule has 7 nitrogen and oxygen atoms in total. The van der Waals surface area contributed by atoms with E-state index in [1.165, 1.54) is 33.6 Å². The lowest BCUT2D eigenvalue weighted by Crippen LogP contribution is -2.26. The average molecular weight is 315 g/mol. The second-order valence-corrected chi connectivity index (χ2v) is 7.31. The Balaban J connectivity index is 2.29. The molecule has 0 aliphatic rings. The fourth-order valence-electron chi connectivity index (χ4n) is 1.71. The third-order valence-corrected chi connectivity index (χ3v) is 5.72. The molecular formula is C11H17N5O2S2. The molecule has 110 valence electrons. The molecule has 0 bridgehead atoms. The number of hydrogen-bond acceptors (Lipinski definition) is 6. The number of aromatic nitrogens is 3. The minimum atomic E-state index is -3.65. The number of aryl methyl sites for hydroxylation is 2. The molecule has 9 heteroatoms. The molecule has 0 amide bonds. The molecule has 2 heterocycles. The number of sulfonamides is 1. The van der Waals surface area contributed by atoms with Crippen molar-refractivity contribution in [1.82, 2.24) is 19.1 Å². The summed E-state index contributed by atoms with van der Waals surface area (Å²) >= 11 is 1.43. The Morgan fingerprint density at radius 1 is 1.50 bits per heavy atom. The first-order valence-electron chi connectivity index (χ1n) is 6.04. The molecule has 2 rings (SSSR count). The van der Waals surface area contributed by atoms with Crippen LogP contribution in [0.25, 0.3) is 0 Å². The summed E-state index contributed by atoms with van der Waals surface area (Å²) in [6, 6.07) is 0. The Bertz CT molecular complexity index is 704. The van der Waals surface area contributed by atoms with Gasteiger partial charge < -0.3 is 5.73 Å². The van der Waals surface area contributed by atoms with E-state index in [2.05, 4.69) is 10.1 Å². The van der Waals surface area contributed by atoms with E-state index >= 15 is 0 Å². The van der Waals surface area contributed by atoms with Crippen LogP contribution in [0.3, 0.4) is 0 Å². The predicted molar refractivity (Wildman–Crippen MR) is 77.8 cm³/mol. The molecule has 0 radical (unpaired) electrons. The molecule has 2 aromatic heterocycles. The largest absolute Gasteiger partial charge is 0.381 e. The van der Waals surface area contributed by atoms with Crippen molar-refractivity contribution in [2.24, 2.45) is 0 Å². The van der Waals surface area contributed by atoms with Crippen LogP contribution >= 0.6 is 11.3 Å². The van der Waals surface area contributed by atoms with Crippen LogP contribution in [0.4, 0.5) is 5.82 Å². The summed E-state index contributed by atoms with van der Waals surface area (Å²) in [5, 5.41) is 3.97. The smallest absolute Gasteiger partial charge is 0.248 e. The minimum Gasteiger partial charge on any atom is -0.381 e. The van der Waals surface area contributed by atoms with E-state index in [0.29, 0.717) is 6.54 Å². The van der Waals surface area contributed by atoms with E-state index in [-0.39, 0.29) is 17.3 Å². The lowest BCUT2D eigenvalue weighted by atomic mass is 10.4. The third-order valence-electron chi connectivity index (χ3n) is 2.98. The Kier molecular flexibility index (Phi) is 4.11. The van der Waals surface area contributed by atoms with E-state index in [1.807, 2.05) is 13.8 Å². The van der Waals surface area contributed by atoms with Gasteiger partial charge in [-0.05, 0) is 13.8 Å². The quantitative estimate of drug-likeness (QED) is 0.890. The van der Waals surface area contributed by atoms with E-state index in [9.17, 15) is 8.42 Å². The summed E-state index contributed by atoms with van der Waals surface area (Å²) in [4.78, 5) is 5.08. The maximum Gasteiger partial charge on any atom is 0.248 e. The van der Waals surface area contributed by atoms with Crippen LogP contribution in [0.2, 0.25) is 0 Å². The van der Waals surface area contributed by atoms with Gasteiger partial charge >= 0.3 is 0 Å². The molecule has 0 fully saturated rings. The zero-order valence-electron chi connectivity index (χ0n) is 11.6. The highest BCUT2D eigenvalue weighted by molar-refractivity contribution is 7.89. The molecule has 2 N–H and O–H groups in total.